The lowest BCUT2D eigenvalue weighted by atomic mass is 10.0. The molecule has 0 saturated carbocycles. The Morgan fingerprint density at radius 1 is 0.941 bits per heavy atom. The van der Waals surface area contributed by atoms with Gasteiger partial charge in [0, 0.05) is 31.3 Å². The lowest BCUT2D eigenvalue weighted by Crippen LogP contribution is -2.18. The van der Waals surface area contributed by atoms with Crippen molar-refractivity contribution in [3.63, 3.8) is 0 Å². The highest BCUT2D eigenvalue weighted by atomic mass is 16.7. The van der Waals surface area contributed by atoms with Gasteiger partial charge in [-0.15, -0.1) is 0 Å². The average molecular weight is 469 g/mol. The fourth-order valence-electron chi connectivity index (χ4n) is 3.67. The number of hydrogen-bond donors (Lipinski definition) is 0. The van der Waals surface area contributed by atoms with Crippen LogP contribution in [0.25, 0.3) is 22.3 Å². The first-order valence-electron chi connectivity index (χ1n) is 11.5. The molecule has 0 bridgehead atoms. The molecule has 0 radical (unpaired) electrons. The van der Waals surface area contributed by atoms with Gasteiger partial charge in [-0.1, -0.05) is 18.2 Å². The zero-order valence-corrected chi connectivity index (χ0v) is 20.4. The van der Waals surface area contributed by atoms with Crippen LogP contribution in [0.5, 0.6) is 5.88 Å². The van der Waals surface area contributed by atoms with Crippen molar-refractivity contribution in [3.05, 3.63) is 53.1 Å². The van der Waals surface area contributed by atoms with Gasteiger partial charge < -0.3 is 23.7 Å². The number of carbonyl (C=O) groups is 1. The predicted molar refractivity (Wildman–Crippen MR) is 129 cm³/mol. The molecule has 0 atom stereocenters. The Bertz CT molecular complexity index is 1110. The number of hydrogen-bond acceptors (Lipinski definition) is 8. The standard InChI is InChI=1S/C26H32N2O6/c1-6-31-24-22(26(33-8-3)34-9-4)19(25(29)32-7-2)15-21(28-24)23-18(16-30-5)14-17-12-10-11-13-20(17)27-23/h10-15,26H,6-9,16H2,1-5H3. The maximum absolute atomic E-state index is 13.1. The van der Waals surface area contributed by atoms with Gasteiger partial charge in [-0.2, -0.15) is 0 Å². The van der Waals surface area contributed by atoms with Crippen molar-refractivity contribution >= 4 is 16.9 Å². The van der Waals surface area contributed by atoms with Gasteiger partial charge in [0.15, 0.2) is 6.29 Å². The van der Waals surface area contributed by atoms with Gasteiger partial charge in [-0.3, -0.25) is 0 Å². The highest BCUT2D eigenvalue weighted by Crippen LogP contribution is 2.36. The van der Waals surface area contributed by atoms with Crippen molar-refractivity contribution in [2.45, 2.75) is 40.6 Å². The van der Waals surface area contributed by atoms with Gasteiger partial charge >= 0.3 is 5.97 Å². The maximum Gasteiger partial charge on any atom is 0.338 e. The van der Waals surface area contributed by atoms with Crippen molar-refractivity contribution < 1.29 is 28.5 Å². The van der Waals surface area contributed by atoms with Gasteiger partial charge in [0.25, 0.3) is 0 Å². The molecule has 34 heavy (non-hydrogen) atoms. The minimum absolute atomic E-state index is 0.219. The van der Waals surface area contributed by atoms with Crippen LogP contribution < -0.4 is 4.74 Å². The largest absolute Gasteiger partial charge is 0.478 e. The van der Waals surface area contributed by atoms with Crippen molar-refractivity contribution in [1.82, 2.24) is 9.97 Å². The molecular formula is C26H32N2O6. The third-order valence-electron chi connectivity index (χ3n) is 5.02. The van der Waals surface area contributed by atoms with Crippen LogP contribution in [0.15, 0.2) is 36.4 Å². The van der Waals surface area contributed by atoms with Crippen LogP contribution in [0.2, 0.25) is 0 Å². The molecule has 0 fully saturated rings. The van der Waals surface area contributed by atoms with Crippen molar-refractivity contribution in [1.29, 1.82) is 0 Å². The lowest BCUT2D eigenvalue weighted by molar-refractivity contribution is -0.141. The maximum atomic E-state index is 13.1. The van der Waals surface area contributed by atoms with Crippen LogP contribution >= 0.6 is 0 Å². The Morgan fingerprint density at radius 3 is 2.32 bits per heavy atom. The lowest BCUT2D eigenvalue weighted by Gasteiger charge is -2.23. The summed E-state index contributed by atoms with van der Waals surface area (Å²) in [6.07, 6.45) is -0.833. The summed E-state index contributed by atoms with van der Waals surface area (Å²) < 4.78 is 28.3. The van der Waals surface area contributed by atoms with E-state index < -0.39 is 12.3 Å². The number of benzene rings is 1. The first-order valence-corrected chi connectivity index (χ1v) is 11.5. The summed E-state index contributed by atoms with van der Waals surface area (Å²) in [6.45, 7) is 8.97. The molecule has 0 saturated heterocycles. The molecule has 3 rings (SSSR count). The van der Waals surface area contributed by atoms with E-state index in [-0.39, 0.29) is 18.1 Å². The second-order valence-corrected chi connectivity index (χ2v) is 7.29. The van der Waals surface area contributed by atoms with E-state index >= 15 is 0 Å². The molecule has 182 valence electrons. The number of aromatic nitrogens is 2. The van der Waals surface area contributed by atoms with Crippen LogP contribution in [0.4, 0.5) is 0 Å². The van der Waals surface area contributed by atoms with E-state index in [0.29, 0.717) is 43.4 Å². The number of rotatable bonds is 12. The molecule has 0 aliphatic carbocycles. The molecule has 8 nitrogen and oxygen atoms in total. The van der Waals surface area contributed by atoms with E-state index in [9.17, 15) is 4.79 Å². The van der Waals surface area contributed by atoms with Crippen LogP contribution in [-0.2, 0) is 25.6 Å². The Kier molecular flexibility index (Phi) is 9.33. The number of ether oxygens (including phenoxy) is 5. The Morgan fingerprint density at radius 2 is 1.68 bits per heavy atom. The van der Waals surface area contributed by atoms with Gasteiger partial charge in [-0.05, 0) is 45.9 Å². The summed E-state index contributed by atoms with van der Waals surface area (Å²) in [6, 6.07) is 11.5. The summed E-state index contributed by atoms with van der Waals surface area (Å²) in [7, 11) is 1.62. The summed E-state index contributed by atoms with van der Waals surface area (Å²) in [5.41, 5.74) is 3.38. The van der Waals surface area contributed by atoms with Gasteiger partial charge in [-0.25, -0.2) is 14.8 Å². The molecule has 2 heterocycles. The topological polar surface area (TPSA) is 89.0 Å². The van der Waals surface area contributed by atoms with Crippen LogP contribution in [0, 0.1) is 0 Å². The zero-order valence-electron chi connectivity index (χ0n) is 20.4. The molecule has 0 spiro atoms. The van der Waals surface area contributed by atoms with Gasteiger partial charge in [0.2, 0.25) is 5.88 Å². The quantitative estimate of drug-likeness (QED) is 0.268. The highest BCUT2D eigenvalue weighted by Gasteiger charge is 2.29. The van der Waals surface area contributed by atoms with E-state index in [4.69, 9.17) is 33.7 Å². The van der Waals surface area contributed by atoms with Gasteiger partial charge in [0.1, 0.15) is 0 Å². The normalized spacial score (nSPS) is 11.2. The summed E-state index contributed by atoms with van der Waals surface area (Å²) in [4.78, 5) is 22.7. The number of fused-ring (bicyclic) bond motifs is 1. The van der Waals surface area contributed by atoms with E-state index in [1.807, 2.05) is 51.1 Å². The monoisotopic (exact) mass is 468 g/mol. The second kappa shape index (κ2) is 12.4. The number of methoxy groups -OCH3 is 1. The molecule has 0 aliphatic heterocycles. The van der Waals surface area contributed by atoms with Crippen LogP contribution in [0.3, 0.4) is 0 Å². The molecule has 2 aromatic heterocycles. The highest BCUT2D eigenvalue weighted by molar-refractivity contribution is 5.93. The average Bonchev–Trinajstić information content (AvgIpc) is 2.83. The number of para-hydroxylation sites is 1. The van der Waals surface area contributed by atoms with Crippen LogP contribution in [0.1, 0.15) is 55.5 Å². The third kappa shape index (κ3) is 5.70. The SMILES string of the molecule is CCOC(=O)c1cc(-c2nc3ccccc3cc2COC)nc(OCC)c1C(OCC)OCC. The summed E-state index contributed by atoms with van der Waals surface area (Å²) in [5.74, 6) is -0.270. The second-order valence-electron chi connectivity index (χ2n) is 7.29. The van der Waals surface area contributed by atoms with Gasteiger partial charge in [0.05, 0.1) is 47.9 Å². The van der Waals surface area contributed by atoms with E-state index in [2.05, 4.69) is 0 Å². The smallest absolute Gasteiger partial charge is 0.338 e. The molecule has 1 aromatic carbocycles. The number of pyridine rings is 2. The molecule has 3 aromatic rings. The molecule has 0 unspecified atom stereocenters. The fourth-order valence-corrected chi connectivity index (χ4v) is 3.67. The molecular weight excluding hydrogens is 436 g/mol. The fraction of sp³-hybridized carbons (Fsp3) is 0.423. The Labute approximate surface area is 200 Å². The zero-order chi connectivity index (χ0) is 24.5. The first kappa shape index (κ1) is 25.6. The molecule has 8 heteroatoms. The predicted octanol–water partition coefficient (Wildman–Crippen LogP) is 5.09. The first-order chi connectivity index (χ1) is 16.6. The minimum atomic E-state index is -0.833. The molecule has 0 amide bonds. The third-order valence-corrected chi connectivity index (χ3v) is 5.02. The van der Waals surface area contributed by atoms with Crippen molar-refractivity contribution in [2.75, 3.05) is 33.5 Å². The number of carbonyl (C=O) groups excluding carboxylic acids is 1. The summed E-state index contributed by atoms with van der Waals surface area (Å²) >= 11 is 0. The summed E-state index contributed by atoms with van der Waals surface area (Å²) in [5, 5.41) is 0.985. The number of esters is 1. The van der Waals surface area contributed by atoms with E-state index in [0.717, 1.165) is 16.5 Å². The Hall–Kier alpha value is -3.07. The van der Waals surface area contributed by atoms with E-state index in [1.165, 1.54) is 0 Å². The van der Waals surface area contributed by atoms with Crippen LogP contribution in [-0.4, -0.2) is 49.5 Å². The molecule has 0 N–H and O–H groups in total. The van der Waals surface area contributed by atoms with Crippen molar-refractivity contribution in [3.8, 4) is 17.3 Å². The minimum Gasteiger partial charge on any atom is -0.478 e. The van der Waals surface area contributed by atoms with Crippen molar-refractivity contribution in [2.24, 2.45) is 0 Å². The molecule has 0 aliphatic rings. The van der Waals surface area contributed by atoms with E-state index in [1.54, 1.807) is 20.1 Å². The number of nitrogens with zero attached hydrogens (tertiary/aromatic N) is 2. The Balaban J connectivity index is 2.30.